The summed E-state index contributed by atoms with van der Waals surface area (Å²) in [6.45, 7) is 3.92. The smallest absolute Gasteiger partial charge is 0.165 e. The van der Waals surface area contributed by atoms with Gasteiger partial charge in [-0.05, 0) is 56.1 Å². The Morgan fingerprint density at radius 2 is 2.39 bits per heavy atom. The molecule has 1 atom stereocenters. The van der Waals surface area contributed by atoms with E-state index in [-0.39, 0.29) is 5.82 Å². The molecule has 0 bridgehead atoms. The van der Waals surface area contributed by atoms with Crippen LogP contribution in [0.1, 0.15) is 18.4 Å². The van der Waals surface area contributed by atoms with E-state index in [0.717, 1.165) is 25.2 Å². The quantitative estimate of drug-likeness (QED) is 0.840. The third kappa shape index (κ3) is 3.68. The van der Waals surface area contributed by atoms with Crippen LogP contribution in [0.3, 0.4) is 0 Å². The van der Waals surface area contributed by atoms with Crippen molar-refractivity contribution < 1.29 is 9.13 Å². The molecule has 1 heterocycles. The van der Waals surface area contributed by atoms with Crippen LogP contribution in [0.4, 0.5) is 4.39 Å². The number of ether oxygens (including phenoxy) is 1. The molecule has 1 aromatic rings. The molecule has 1 aromatic carbocycles. The molecule has 0 aliphatic carbocycles. The minimum absolute atomic E-state index is 0.295. The summed E-state index contributed by atoms with van der Waals surface area (Å²) in [6.07, 6.45) is 2.53. The summed E-state index contributed by atoms with van der Waals surface area (Å²) in [6, 6.07) is 5.10. The number of methoxy groups -OCH3 is 1. The Hall–Kier alpha value is -1.13. The van der Waals surface area contributed by atoms with Crippen LogP contribution in [0, 0.1) is 11.7 Å². The van der Waals surface area contributed by atoms with Gasteiger partial charge in [-0.25, -0.2) is 4.39 Å². The number of hydrogen-bond acceptors (Lipinski definition) is 3. The van der Waals surface area contributed by atoms with Crippen LogP contribution < -0.4 is 15.4 Å². The van der Waals surface area contributed by atoms with Crippen LogP contribution in [0.25, 0.3) is 0 Å². The molecule has 4 heteroatoms. The highest BCUT2D eigenvalue weighted by atomic mass is 19.1. The molecule has 1 unspecified atom stereocenters. The lowest BCUT2D eigenvalue weighted by Crippen LogP contribution is -2.35. The number of rotatable bonds is 5. The van der Waals surface area contributed by atoms with Crippen molar-refractivity contribution in [3.8, 4) is 5.75 Å². The molecule has 1 saturated heterocycles. The first-order chi connectivity index (χ1) is 8.79. The fourth-order valence-electron chi connectivity index (χ4n) is 2.34. The largest absolute Gasteiger partial charge is 0.494 e. The van der Waals surface area contributed by atoms with E-state index in [1.54, 1.807) is 6.07 Å². The molecular formula is C14H21FN2O. The highest BCUT2D eigenvalue weighted by Crippen LogP contribution is 2.17. The zero-order valence-electron chi connectivity index (χ0n) is 10.8. The van der Waals surface area contributed by atoms with Crippen molar-refractivity contribution in [1.29, 1.82) is 0 Å². The van der Waals surface area contributed by atoms with Crippen LogP contribution in [0.2, 0.25) is 0 Å². The van der Waals surface area contributed by atoms with Gasteiger partial charge in [-0.2, -0.15) is 0 Å². The molecule has 18 heavy (non-hydrogen) atoms. The highest BCUT2D eigenvalue weighted by Gasteiger charge is 2.12. The lowest BCUT2D eigenvalue weighted by atomic mass is 10.00. The first-order valence-electron chi connectivity index (χ1n) is 6.53. The van der Waals surface area contributed by atoms with Gasteiger partial charge in [-0.15, -0.1) is 0 Å². The summed E-state index contributed by atoms with van der Waals surface area (Å²) >= 11 is 0. The van der Waals surface area contributed by atoms with Gasteiger partial charge in [0.05, 0.1) is 7.11 Å². The van der Waals surface area contributed by atoms with Gasteiger partial charge in [0.2, 0.25) is 0 Å². The molecule has 1 fully saturated rings. The molecule has 0 saturated carbocycles. The molecule has 0 amide bonds. The Morgan fingerprint density at radius 1 is 1.50 bits per heavy atom. The molecule has 0 spiro atoms. The van der Waals surface area contributed by atoms with Crippen molar-refractivity contribution in [1.82, 2.24) is 10.6 Å². The molecule has 2 N–H and O–H groups in total. The minimum atomic E-state index is -0.295. The lowest BCUT2D eigenvalue weighted by molar-refractivity contribution is 0.359. The fourth-order valence-corrected chi connectivity index (χ4v) is 2.34. The average molecular weight is 252 g/mol. The van der Waals surface area contributed by atoms with Crippen molar-refractivity contribution in [3.63, 3.8) is 0 Å². The fraction of sp³-hybridized carbons (Fsp3) is 0.571. The average Bonchev–Trinajstić information content (AvgIpc) is 2.40. The normalized spacial score (nSPS) is 19.8. The van der Waals surface area contributed by atoms with E-state index in [1.807, 2.05) is 6.07 Å². The summed E-state index contributed by atoms with van der Waals surface area (Å²) in [7, 11) is 1.48. The SMILES string of the molecule is COc1ccc(CNCC2CCCNC2)cc1F. The van der Waals surface area contributed by atoms with Gasteiger partial charge < -0.3 is 15.4 Å². The second-order valence-corrected chi connectivity index (χ2v) is 4.81. The summed E-state index contributed by atoms with van der Waals surface area (Å²) in [5.41, 5.74) is 0.956. The molecular weight excluding hydrogens is 231 g/mol. The van der Waals surface area contributed by atoms with Crippen LogP contribution in [-0.2, 0) is 6.54 Å². The Bertz CT molecular complexity index is 378. The second-order valence-electron chi connectivity index (χ2n) is 4.81. The van der Waals surface area contributed by atoms with E-state index in [1.165, 1.54) is 26.0 Å². The van der Waals surface area contributed by atoms with E-state index in [4.69, 9.17) is 4.74 Å². The lowest BCUT2D eigenvalue weighted by Gasteiger charge is -2.23. The van der Waals surface area contributed by atoms with Gasteiger partial charge in [0.1, 0.15) is 0 Å². The van der Waals surface area contributed by atoms with Gasteiger partial charge in [0.25, 0.3) is 0 Å². The maximum Gasteiger partial charge on any atom is 0.165 e. The third-order valence-corrected chi connectivity index (χ3v) is 3.38. The predicted octanol–water partition coefficient (Wildman–Crippen LogP) is 1.92. The van der Waals surface area contributed by atoms with Crippen molar-refractivity contribution in [2.45, 2.75) is 19.4 Å². The van der Waals surface area contributed by atoms with Crippen LogP contribution in [0.5, 0.6) is 5.75 Å². The third-order valence-electron chi connectivity index (χ3n) is 3.38. The Balaban J connectivity index is 1.77. The Labute approximate surface area is 108 Å². The van der Waals surface area contributed by atoms with Gasteiger partial charge >= 0.3 is 0 Å². The van der Waals surface area contributed by atoms with Gasteiger partial charge in [-0.1, -0.05) is 6.07 Å². The van der Waals surface area contributed by atoms with E-state index < -0.39 is 0 Å². The van der Waals surface area contributed by atoms with Crippen molar-refractivity contribution in [2.24, 2.45) is 5.92 Å². The second kappa shape index (κ2) is 6.71. The summed E-state index contributed by atoms with van der Waals surface area (Å²) in [4.78, 5) is 0. The number of hydrogen-bond donors (Lipinski definition) is 2. The molecule has 100 valence electrons. The van der Waals surface area contributed by atoms with Crippen molar-refractivity contribution >= 4 is 0 Å². The van der Waals surface area contributed by atoms with Gasteiger partial charge in [0.15, 0.2) is 11.6 Å². The molecule has 1 aliphatic rings. The maximum absolute atomic E-state index is 13.5. The van der Waals surface area contributed by atoms with Gasteiger partial charge in [0, 0.05) is 6.54 Å². The molecule has 0 aromatic heterocycles. The standard InChI is InChI=1S/C14H21FN2O/c1-18-14-5-4-11(7-13(14)15)8-17-10-12-3-2-6-16-9-12/h4-5,7,12,16-17H,2-3,6,8-10H2,1H3. The zero-order valence-corrected chi connectivity index (χ0v) is 10.8. The molecule has 2 rings (SSSR count). The van der Waals surface area contributed by atoms with Crippen molar-refractivity contribution in [3.05, 3.63) is 29.6 Å². The number of halogens is 1. The van der Waals surface area contributed by atoms with E-state index in [2.05, 4.69) is 10.6 Å². The Kier molecular flexibility index (Phi) is 4.96. The van der Waals surface area contributed by atoms with Crippen LogP contribution in [-0.4, -0.2) is 26.7 Å². The van der Waals surface area contributed by atoms with Crippen molar-refractivity contribution in [2.75, 3.05) is 26.7 Å². The highest BCUT2D eigenvalue weighted by molar-refractivity contribution is 5.29. The summed E-state index contributed by atoms with van der Waals surface area (Å²) in [5, 5.41) is 6.78. The zero-order chi connectivity index (χ0) is 12.8. The molecule has 0 radical (unpaired) electrons. The summed E-state index contributed by atoms with van der Waals surface area (Å²) in [5.74, 6) is 0.702. The van der Waals surface area contributed by atoms with Crippen LogP contribution >= 0.6 is 0 Å². The van der Waals surface area contributed by atoms with E-state index >= 15 is 0 Å². The van der Waals surface area contributed by atoms with Crippen LogP contribution in [0.15, 0.2) is 18.2 Å². The monoisotopic (exact) mass is 252 g/mol. The van der Waals surface area contributed by atoms with E-state index in [9.17, 15) is 4.39 Å². The Morgan fingerprint density at radius 3 is 3.06 bits per heavy atom. The van der Waals surface area contributed by atoms with E-state index in [0.29, 0.717) is 18.2 Å². The topological polar surface area (TPSA) is 33.3 Å². The number of benzene rings is 1. The molecule has 1 aliphatic heterocycles. The number of nitrogens with one attached hydrogen (secondary N) is 2. The first-order valence-corrected chi connectivity index (χ1v) is 6.53. The minimum Gasteiger partial charge on any atom is -0.494 e. The first kappa shape index (κ1) is 13.3. The molecule has 3 nitrogen and oxygen atoms in total. The van der Waals surface area contributed by atoms with Gasteiger partial charge in [-0.3, -0.25) is 0 Å². The predicted molar refractivity (Wildman–Crippen MR) is 70.3 cm³/mol. The maximum atomic E-state index is 13.5. The number of piperidine rings is 1. The summed E-state index contributed by atoms with van der Waals surface area (Å²) < 4.78 is 18.4.